The first-order chi connectivity index (χ1) is 3.15. The Hall–Kier alpha value is 0.844. The molecule has 4 radical (unpaired) electrons. The second-order valence-electron chi connectivity index (χ2n) is 0.333. The number of carboxylic acid groups (broad SMARTS) is 2. The summed E-state index contributed by atoms with van der Waals surface area (Å²) in [5, 5.41) is 16.7. The molecule has 0 aliphatic carbocycles. The van der Waals surface area contributed by atoms with Crippen molar-refractivity contribution >= 4 is 33.5 Å². The zero-order valence-corrected chi connectivity index (χ0v) is 11.6. The fourth-order valence-electron chi connectivity index (χ4n) is 0. The molecule has 8 heavy (non-hydrogen) atoms. The van der Waals surface area contributed by atoms with E-state index in [1.165, 1.54) is 0 Å². The smallest absolute Gasteiger partial charge is 0 e. The van der Waals surface area contributed by atoms with Crippen molar-refractivity contribution in [3.8, 4) is 0 Å². The zero-order valence-electron chi connectivity index (χ0n) is 3.54. The summed E-state index contributed by atoms with van der Waals surface area (Å²) >= 11 is -2.51. The summed E-state index contributed by atoms with van der Waals surface area (Å²) in [6.07, 6.45) is -2.33. The number of carbonyl (C=O) groups is 1. The van der Waals surface area contributed by atoms with Crippen molar-refractivity contribution in [2.24, 2.45) is 0 Å². The average Bonchev–Trinajstić information content (AvgIpc) is 1.33. The topological polar surface area (TPSA) is 97.3 Å². The van der Waals surface area contributed by atoms with Crippen LogP contribution in [0.25, 0.3) is 0 Å². The van der Waals surface area contributed by atoms with E-state index in [-0.39, 0.29) is 27.3 Å². The van der Waals surface area contributed by atoms with Gasteiger partial charge < -0.3 is 15.0 Å². The van der Waals surface area contributed by atoms with E-state index in [0.717, 1.165) is 0 Å². The molecule has 0 aliphatic heterocycles. The molecule has 42 valence electrons. The Morgan fingerprint density at radius 2 is 1.25 bits per heavy atom. The van der Waals surface area contributed by atoms with Gasteiger partial charge in [0.05, 0.1) is 0 Å². The Kier molecular flexibility index (Phi) is 31.2. The monoisotopic (exact) mass is 538 g/mol. The molecule has 0 fully saturated rings. The normalized spacial score (nSPS) is 4.00. The second-order valence-corrected chi connectivity index (χ2v) is 1.03. The minimum Gasteiger partial charge on any atom is 0 e. The minimum atomic E-state index is -2.51. The van der Waals surface area contributed by atoms with Gasteiger partial charge in [-0.3, -0.25) is 0 Å². The van der Waals surface area contributed by atoms with E-state index >= 15 is 0 Å². The van der Waals surface area contributed by atoms with Crippen molar-refractivity contribution < 1.29 is 47.3 Å². The molecular weight excluding hydrogens is 537 g/mol. The van der Waals surface area contributed by atoms with Crippen LogP contribution in [0.15, 0.2) is 0 Å². The SMILES string of the molecule is O=C([O-])[O-].[O]=[U+2]=[O].[Pb]. The van der Waals surface area contributed by atoms with Crippen LogP contribution in [-0.4, -0.2) is 33.5 Å². The Morgan fingerprint density at radius 3 is 1.25 bits per heavy atom. The Morgan fingerprint density at radius 1 is 1.25 bits per heavy atom. The molecule has 0 aromatic heterocycles. The summed E-state index contributed by atoms with van der Waals surface area (Å²) in [5.41, 5.74) is 0. The summed E-state index contributed by atoms with van der Waals surface area (Å²) in [6.45, 7) is 0. The number of rotatable bonds is 0. The van der Waals surface area contributed by atoms with Gasteiger partial charge in [0.25, 0.3) is 0 Å². The van der Waals surface area contributed by atoms with E-state index in [2.05, 4.69) is 0 Å². The minimum absolute atomic E-state index is 0. The number of carbonyl (C=O) groups excluding carboxylic acids is 1. The fraction of sp³-hybridized carbons (Fsp3) is 0. The van der Waals surface area contributed by atoms with Gasteiger partial charge in [0.1, 0.15) is 0 Å². The average molecular weight is 537 g/mol. The third-order valence-corrected chi connectivity index (χ3v) is 0. The van der Waals surface area contributed by atoms with Gasteiger partial charge in [0.2, 0.25) is 0 Å². The molecule has 0 spiro atoms. The van der Waals surface area contributed by atoms with E-state index in [1.807, 2.05) is 0 Å². The molecule has 5 nitrogen and oxygen atoms in total. The van der Waals surface area contributed by atoms with Gasteiger partial charge in [-0.1, -0.05) is 0 Å². The molecule has 7 heteroatoms. The molecule has 0 N–H and O–H groups in total. The van der Waals surface area contributed by atoms with E-state index in [0.29, 0.717) is 0 Å². The first-order valence-corrected chi connectivity index (χ1v) is 4.42. The molecule has 0 aromatic rings. The van der Waals surface area contributed by atoms with Crippen LogP contribution >= 0.6 is 0 Å². The van der Waals surface area contributed by atoms with Crippen molar-refractivity contribution in [3.63, 3.8) is 0 Å². The third-order valence-electron chi connectivity index (χ3n) is 0. The molecule has 0 saturated carbocycles. The van der Waals surface area contributed by atoms with Crippen LogP contribution in [-0.2, 0) is 4.47 Å². The maximum absolute atomic E-state index is 8.58. The van der Waals surface area contributed by atoms with Crippen molar-refractivity contribution in [1.82, 2.24) is 0 Å². The summed E-state index contributed by atoms with van der Waals surface area (Å²) < 4.78 is 17.2. The van der Waals surface area contributed by atoms with Crippen LogP contribution in [0, 0.1) is 27.8 Å². The van der Waals surface area contributed by atoms with Gasteiger partial charge >= 0.3 is 32.3 Å². The molecule has 0 aliphatic rings. The molecule has 0 bridgehead atoms. The van der Waals surface area contributed by atoms with Crippen molar-refractivity contribution in [2.75, 3.05) is 0 Å². The maximum Gasteiger partial charge on any atom is 0 e. The number of hydrogen-bond donors (Lipinski definition) is 0. The predicted molar refractivity (Wildman–Crippen MR) is 12.5 cm³/mol. The summed E-state index contributed by atoms with van der Waals surface area (Å²) in [7, 11) is 0. The van der Waals surface area contributed by atoms with Crippen molar-refractivity contribution in [1.29, 1.82) is 0 Å². The van der Waals surface area contributed by atoms with Gasteiger partial charge in [-0.2, -0.15) is 0 Å². The predicted octanol–water partition coefficient (Wildman–Crippen LogP) is -3.07. The number of hydrogen-bond acceptors (Lipinski definition) is 5. The Labute approximate surface area is 79.8 Å². The van der Waals surface area contributed by atoms with Crippen molar-refractivity contribution in [3.05, 3.63) is 0 Å². The summed E-state index contributed by atoms with van der Waals surface area (Å²) in [5.74, 6) is 0. The van der Waals surface area contributed by atoms with Crippen LogP contribution in [0.5, 0.6) is 0 Å². The molecule has 0 unspecified atom stereocenters. The first-order valence-electron chi connectivity index (χ1n) is 1.02. The third kappa shape index (κ3) is 328. The maximum atomic E-state index is 8.58. The summed E-state index contributed by atoms with van der Waals surface area (Å²) in [4.78, 5) is 8.33. The van der Waals surface area contributed by atoms with Crippen molar-refractivity contribution in [2.45, 2.75) is 0 Å². The summed E-state index contributed by atoms with van der Waals surface area (Å²) in [6, 6.07) is 0. The molecule has 0 saturated heterocycles. The van der Waals surface area contributed by atoms with Gasteiger partial charge in [0, 0.05) is 27.3 Å². The van der Waals surface area contributed by atoms with Crippen LogP contribution in [0.3, 0.4) is 0 Å². The molecule has 0 atom stereocenters. The van der Waals surface area contributed by atoms with Gasteiger partial charge in [0.15, 0.2) is 0 Å². The van der Waals surface area contributed by atoms with E-state index in [1.54, 1.807) is 0 Å². The Balaban J connectivity index is -0.0000000575. The zero-order chi connectivity index (χ0) is 6.28. The molecule has 0 aromatic carbocycles. The van der Waals surface area contributed by atoms with Gasteiger partial charge in [-0.25, -0.2) is 0 Å². The first kappa shape index (κ1) is 15.9. The second kappa shape index (κ2) is 15.7. The molecular formula is CO5PbU. The largest absolute Gasteiger partial charge is 0 e. The van der Waals surface area contributed by atoms with E-state index in [9.17, 15) is 0 Å². The van der Waals surface area contributed by atoms with Crippen LogP contribution < -0.4 is 10.2 Å². The fourth-order valence-corrected chi connectivity index (χ4v) is 0. The molecule has 0 heterocycles. The van der Waals surface area contributed by atoms with Crippen LogP contribution in [0.1, 0.15) is 0 Å². The van der Waals surface area contributed by atoms with Crippen LogP contribution in [0.2, 0.25) is 0 Å². The van der Waals surface area contributed by atoms with E-state index in [4.69, 9.17) is 19.5 Å². The standard InChI is InChI=1S/CH2O3.2O.Pb.U/c2-1(3)4;;;;/h(H2,2,3,4);;;;/q;;;;+2/p-2. The van der Waals surface area contributed by atoms with Gasteiger partial charge in [-0.15, -0.1) is 0 Å². The van der Waals surface area contributed by atoms with Gasteiger partial charge in [-0.05, 0) is 6.16 Å². The molecule has 0 amide bonds. The molecule has 0 rings (SSSR count). The quantitative estimate of drug-likeness (QED) is 0.306. The Bertz CT molecular complexity index is 80.4. The van der Waals surface area contributed by atoms with E-state index < -0.39 is 34.0 Å². The van der Waals surface area contributed by atoms with Crippen LogP contribution in [0.4, 0.5) is 4.79 Å².